The van der Waals surface area contributed by atoms with Gasteiger partial charge >= 0.3 is 0 Å². The second kappa shape index (κ2) is 3.68. The number of aromatic nitrogens is 3. The van der Waals surface area contributed by atoms with Crippen LogP contribution in [0.3, 0.4) is 0 Å². The topological polar surface area (TPSA) is 67.6 Å². The van der Waals surface area contributed by atoms with Crippen molar-refractivity contribution >= 4 is 11.5 Å². The first-order valence-electron chi connectivity index (χ1n) is 4.04. The minimum absolute atomic E-state index is 0.656. The number of hydrogen-bond acceptors (Lipinski definition) is 4. The Labute approximate surface area is 80.0 Å². The zero-order valence-corrected chi connectivity index (χ0v) is 7.84. The molecule has 3 N–H and O–H groups in total. The van der Waals surface area contributed by atoms with Crippen LogP contribution in [-0.4, -0.2) is 21.1 Å². The van der Waals surface area contributed by atoms with Crippen molar-refractivity contribution in [3.63, 3.8) is 0 Å². The summed E-state index contributed by atoms with van der Waals surface area (Å²) >= 11 is 1.48. The summed E-state index contributed by atoms with van der Waals surface area (Å²) in [5.74, 6) is 0. The summed E-state index contributed by atoms with van der Waals surface area (Å²) in [6.45, 7) is 0.656. The Morgan fingerprint density at radius 1 is 1.46 bits per heavy atom. The molecule has 4 nitrogen and oxygen atoms in total. The third-order valence-corrected chi connectivity index (χ3v) is 2.71. The molecule has 5 heteroatoms. The maximum atomic E-state index is 5.50. The Balaban J connectivity index is 2.35. The first-order valence-corrected chi connectivity index (χ1v) is 4.82. The number of nitrogens with zero attached hydrogens (tertiary/aromatic N) is 2. The average molecular weight is 194 g/mol. The van der Waals surface area contributed by atoms with Crippen LogP contribution in [0.1, 0.15) is 5.56 Å². The lowest BCUT2D eigenvalue weighted by molar-refractivity contribution is 0.972. The highest BCUT2D eigenvalue weighted by Gasteiger charge is 2.07. The average Bonchev–Trinajstić information content (AvgIpc) is 2.71. The van der Waals surface area contributed by atoms with Gasteiger partial charge in [-0.25, -0.2) is 4.37 Å². The zero-order valence-electron chi connectivity index (χ0n) is 7.03. The van der Waals surface area contributed by atoms with Crippen LogP contribution in [0, 0.1) is 0 Å². The Bertz CT molecular complexity index is 365. The van der Waals surface area contributed by atoms with Gasteiger partial charge in [-0.15, -0.1) is 0 Å². The minimum Gasteiger partial charge on any atom is -0.330 e. The maximum absolute atomic E-state index is 5.50. The lowest BCUT2D eigenvalue weighted by Crippen LogP contribution is -2.02. The van der Waals surface area contributed by atoms with Gasteiger partial charge in [0.2, 0.25) is 0 Å². The molecule has 0 spiro atoms. The van der Waals surface area contributed by atoms with E-state index in [0.717, 1.165) is 12.0 Å². The van der Waals surface area contributed by atoms with Crippen molar-refractivity contribution in [1.82, 2.24) is 14.6 Å². The molecular formula is C8H10N4S. The molecule has 2 aromatic heterocycles. The van der Waals surface area contributed by atoms with E-state index >= 15 is 0 Å². The largest absolute Gasteiger partial charge is 0.330 e. The number of nitrogens with two attached hydrogens (primary N) is 1. The van der Waals surface area contributed by atoms with Crippen LogP contribution < -0.4 is 5.73 Å². The summed E-state index contributed by atoms with van der Waals surface area (Å²) in [6, 6.07) is 0. The Hall–Kier alpha value is -1.20. The molecule has 0 aliphatic carbocycles. The monoisotopic (exact) mass is 194 g/mol. The van der Waals surface area contributed by atoms with E-state index in [4.69, 9.17) is 5.73 Å². The third-order valence-electron chi connectivity index (χ3n) is 1.82. The van der Waals surface area contributed by atoms with Crippen LogP contribution in [0.2, 0.25) is 0 Å². The predicted molar refractivity (Wildman–Crippen MR) is 52.5 cm³/mol. The van der Waals surface area contributed by atoms with E-state index in [-0.39, 0.29) is 0 Å². The molecular weight excluding hydrogens is 184 g/mol. The van der Waals surface area contributed by atoms with Crippen molar-refractivity contribution in [2.75, 3.05) is 6.54 Å². The van der Waals surface area contributed by atoms with Crippen LogP contribution in [0.25, 0.3) is 10.4 Å². The molecule has 0 bridgehead atoms. The Morgan fingerprint density at radius 2 is 2.38 bits per heavy atom. The standard InChI is InChI=1S/C8H10N4S/c9-2-1-6-5-12-13-8(6)7-3-10-11-4-7/h3-5H,1-2,9H2,(H,10,11). The molecule has 0 saturated heterocycles. The van der Waals surface area contributed by atoms with Gasteiger partial charge < -0.3 is 5.73 Å². The second-order valence-corrected chi connectivity index (χ2v) is 3.51. The summed E-state index contributed by atoms with van der Waals surface area (Å²) in [5.41, 5.74) is 7.79. The molecule has 0 amide bonds. The van der Waals surface area contributed by atoms with Gasteiger partial charge in [0.1, 0.15) is 0 Å². The van der Waals surface area contributed by atoms with Crippen molar-refractivity contribution in [3.05, 3.63) is 24.2 Å². The molecule has 2 heterocycles. The quantitative estimate of drug-likeness (QED) is 0.767. The highest BCUT2D eigenvalue weighted by Crippen LogP contribution is 2.26. The normalized spacial score (nSPS) is 10.5. The van der Waals surface area contributed by atoms with Crippen LogP contribution >= 0.6 is 11.5 Å². The third kappa shape index (κ3) is 1.61. The van der Waals surface area contributed by atoms with Gasteiger partial charge in [0, 0.05) is 18.0 Å². The molecule has 0 saturated carbocycles. The van der Waals surface area contributed by atoms with Gasteiger partial charge in [0.15, 0.2) is 0 Å². The zero-order chi connectivity index (χ0) is 9.10. The molecule has 0 aromatic carbocycles. The van der Waals surface area contributed by atoms with Gasteiger partial charge in [-0.2, -0.15) is 5.10 Å². The van der Waals surface area contributed by atoms with Crippen molar-refractivity contribution in [1.29, 1.82) is 0 Å². The Kier molecular flexibility index (Phi) is 2.37. The highest BCUT2D eigenvalue weighted by atomic mass is 32.1. The van der Waals surface area contributed by atoms with Crippen LogP contribution in [-0.2, 0) is 6.42 Å². The summed E-state index contributed by atoms with van der Waals surface area (Å²) in [7, 11) is 0. The fourth-order valence-corrected chi connectivity index (χ4v) is 1.98. The molecule has 0 unspecified atom stereocenters. The summed E-state index contributed by atoms with van der Waals surface area (Å²) in [5, 5.41) is 6.69. The predicted octanol–water partition coefficient (Wildman–Crippen LogP) is 1.03. The van der Waals surface area contributed by atoms with Crippen molar-refractivity contribution in [2.24, 2.45) is 5.73 Å². The summed E-state index contributed by atoms with van der Waals surface area (Å²) in [4.78, 5) is 1.17. The molecule has 0 aliphatic heterocycles. The van der Waals surface area contributed by atoms with Gasteiger partial charge in [-0.3, -0.25) is 5.10 Å². The van der Waals surface area contributed by atoms with E-state index < -0.39 is 0 Å². The molecule has 13 heavy (non-hydrogen) atoms. The smallest absolute Gasteiger partial charge is 0.0613 e. The van der Waals surface area contributed by atoms with Gasteiger partial charge in [0.25, 0.3) is 0 Å². The van der Waals surface area contributed by atoms with E-state index in [9.17, 15) is 0 Å². The minimum atomic E-state index is 0.656. The molecule has 2 aromatic rings. The van der Waals surface area contributed by atoms with Crippen molar-refractivity contribution < 1.29 is 0 Å². The summed E-state index contributed by atoms with van der Waals surface area (Å²) < 4.78 is 4.14. The number of hydrogen-bond donors (Lipinski definition) is 2. The van der Waals surface area contributed by atoms with Crippen LogP contribution in [0.15, 0.2) is 18.6 Å². The van der Waals surface area contributed by atoms with E-state index in [1.807, 2.05) is 12.4 Å². The van der Waals surface area contributed by atoms with Gasteiger partial charge in [-0.05, 0) is 30.1 Å². The number of nitrogens with one attached hydrogen (secondary N) is 1. The molecule has 0 atom stereocenters. The summed E-state index contributed by atoms with van der Waals surface area (Å²) in [6.07, 6.45) is 6.41. The number of rotatable bonds is 3. The molecule has 68 valence electrons. The highest BCUT2D eigenvalue weighted by molar-refractivity contribution is 7.09. The number of aromatic amines is 1. The van der Waals surface area contributed by atoms with Crippen LogP contribution in [0.4, 0.5) is 0 Å². The molecule has 0 aliphatic rings. The first kappa shape index (κ1) is 8.40. The van der Waals surface area contributed by atoms with Crippen molar-refractivity contribution in [3.8, 4) is 10.4 Å². The van der Waals surface area contributed by atoms with E-state index in [0.29, 0.717) is 6.54 Å². The lowest BCUT2D eigenvalue weighted by Gasteiger charge is -1.96. The van der Waals surface area contributed by atoms with Crippen LogP contribution in [0.5, 0.6) is 0 Å². The van der Waals surface area contributed by atoms with Gasteiger partial charge in [-0.1, -0.05) is 0 Å². The maximum Gasteiger partial charge on any atom is 0.0613 e. The lowest BCUT2D eigenvalue weighted by atomic mass is 10.1. The molecule has 0 fully saturated rings. The van der Waals surface area contributed by atoms with E-state index in [1.54, 1.807) is 6.20 Å². The molecule has 2 rings (SSSR count). The first-order chi connectivity index (χ1) is 6.42. The van der Waals surface area contributed by atoms with E-state index in [2.05, 4.69) is 14.6 Å². The fourth-order valence-electron chi connectivity index (χ4n) is 1.21. The second-order valence-electron chi connectivity index (χ2n) is 2.71. The SMILES string of the molecule is NCCc1cnsc1-c1cn[nH]c1. The number of H-pyrrole nitrogens is 1. The fraction of sp³-hybridized carbons (Fsp3) is 0.250. The van der Waals surface area contributed by atoms with Gasteiger partial charge in [0.05, 0.1) is 11.1 Å². The van der Waals surface area contributed by atoms with Crippen molar-refractivity contribution in [2.45, 2.75) is 6.42 Å². The Morgan fingerprint density at radius 3 is 3.08 bits per heavy atom. The van der Waals surface area contributed by atoms with E-state index in [1.165, 1.54) is 22.0 Å². The molecule has 0 radical (unpaired) electrons.